The van der Waals surface area contributed by atoms with Crippen molar-refractivity contribution in [2.75, 3.05) is 18.4 Å². The van der Waals surface area contributed by atoms with Gasteiger partial charge in [0, 0.05) is 18.8 Å². The van der Waals surface area contributed by atoms with Crippen molar-refractivity contribution >= 4 is 46.4 Å². The SMILES string of the molecule is O=C(Nc1ccc(Cl)c(C(F)(F)F)c1)C1CCCN(Cc2ccc(Cl)c(Cl)c2)C1. The highest BCUT2D eigenvalue weighted by atomic mass is 35.5. The van der Waals surface area contributed by atoms with Crippen LogP contribution in [-0.4, -0.2) is 23.9 Å². The number of hydrogen-bond acceptors (Lipinski definition) is 2. The van der Waals surface area contributed by atoms with E-state index in [2.05, 4.69) is 10.2 Å². The second-order valence-corrected chi connectivity index (χ2v) is 8.23. The first-order chi connectivity index (χ1) is 13.6. The van der Waals surface area contributed by atoms with E-state index in [-0.39, 0.29) is 17.5 Å². The quantitative estimate of drug-likeness (QED) is 0.558. The van der Waals surface area contributed by atoms with Crippen LogP contribution >= 0.6 is 34.8 Å². The van der Waals surface area contributed by atoms with Crippen molar-refractivity contribution in [1.82, 2.24) is 4.90 Å². The van der Waals surface area contributed by atoms with Gasteiger partial charge in [-0.2, -0.15) is 13.2 Å². The molecule has 1 fully saturated rings. The summed E-state index contributed by atoms with van der Waals surface area (Å²) in [6.07, 6.45) is -3.10. The molecule has 9 heteroatoms. The van der Waals surface area contributed by atoms with E-state index in [1.165, 1.54) is 6.07 Å². The first-order valence-electron chi connectivity index (χ1n) is 8.97. The molecule has 1 atom stereocenters. The molecular formula is C20H18Cl3F3N2O. The van der Waals surface area contributed by atoms with Crippen LogP contribution in [0.1, 0.15) is 24.0 Å². The molecule has 1 unspecified atom stereocenters. The number of rotatable bonds is 4. The second-order valence-electron chi connectivity index (χ2n) is 7.00. The Bertz CT molecular complexity index is 905. The van der Waals surface area contributed by atoms with Crippen LogP contribution in [0, 0.1) is 5.92 Å². The molecule has 0 aliphatic carbocycles. The Balaban J connectivity index is 1.64. The molecule has 0 spiro atoms. The number of nitrogens with zero attached hydrogens (tertiary/aromatic N) is 1. The van der Waals surface area contributed by atoms with E-state index < -0.39 is 16.8 Å². The summed E-state index contributed by atoms with van der Waals surface area (Å²) in [4.78, 5) is 14.7. The molecule has 156 valence electrons. The molecule has 2 aromatic carbocycles. The van der Waals surface area contributed by atoms with Crippen LogP contribution in [-0.2, 0) is 17.5 Å². The van der Waals surface area contributed by atoms with E-state index >= 15 is 0 Å². The van der Waals surface area contributed by atoms with Gasteiger partial charge in [-0.1, -0.05) is 40.9 Å². The lowest BCUT2D eigenvalue weighted by molar-refractivity contribution is -0.137. The molecule has 0 bridgehead atoms. The smallest absolute Gasteiger partial charge is 0.326 e. The van der Waals surface area contributed by atoms with Gasteiger partial charge < -0.3 is 5.32 Å². The van der Waals surface area contributed by atoms with Gasteiger partial charge in [0.15, 0.2) is 0 Å². The van der Waals surface area contributed by atoms with Gasteiger partial charge in [-0.15, -0.1) is 0 Å². The normalized spacial score (nSPS) is 17.9. The number of amides is 1. The number of hydrogen-bond donors (Lipinski definition) is 1. The zero-order chi connectivity index (χ0) is 21.2. The maximum Gasteiger partial charge on any atom is 0.417 e. The Kier molecular flexibility index (Phi) is 6.99. The van der Waals surface area contributed by atoms with Gasteiger partial charge in [-0.3, -0.25) is 9.69 Å². The fourth-order valence-corrected chi connectivity index (χ4v) is 3.92. The number of likely N-dealkylation sites (tertiary alicyclic amines) is 1. The minimum atomic E-state index is -4.58. The highest BCUT2D eigenvalue weighted by Crippen LogP contribution is 2.36. The number of carbonyl (C=O) groups excluding carboxylic acids is 1. The molecule has 3 nitrogen and oxygen atoms in total. The van der Waals surface area contributed by atoms with Crippen molar-refractivity contribution in [3.8, 4) is 0 Å². The maximum atomic E-state index is 13.0. The molecule has 0 aromatic heterocycles. The van der Waals surface area contributed by atoms with Gasteiger partial charge in [-0.05, 0) is 55.3 Å². The van der Waals surface area contributed by atoms with Crippen molar-refractivity contribution < 1.29 is 18.0 Å². The number of alkyl halides is 3. The summed E-state index contributed by atoms with van der Waals surface area (Å²) in [7, 11) is 0. The van der Waals surface area contributed by atoms with Crippen LogP contribution in [0.4, 0.5) is 18.9 Å². The maximum absolute atomic E-state index is 13.0. The molecule has 2 aromatic rings. The third-order valence-corrected chi connectivity index (χ3v) is 5.87. The van der Waals surface area contributed by atoms with Crippen molar-refractivity contribution in [3.05, 3.63) is 62.6 Å². The standard InChI is InChI=1S/C20H18Cl3F3N2O/c21-16-6-4-14(9-15(16)20(24,25)26)27-19(29)13-2-1-7-28(11-13)10-12-3-5-17(22)18(23)8-12/h3-6,8-9,13H,1-2,7,10-11H2,(H,27,29). The number of halogens is 6. The molecule has 1 N–H and O–H groups in total. The number of piperidine rings is 1. The first kappa shape index (κ1) is 22.2. The molecule has 1 aliphatic rings. The molecule has 1 saturated heterocycles. The van der Waals surface area contributed by atoms with E-state index in [9.17, 15) is 18.0 Å². The minimum absolute atomic E-state index is 0.0772. The van der Waals surface area contributed by atoms with Crippen molar-refractivity contribution in [3.63, 3.8) is 0 Å². The third-order valence-electron chi connectivity index (χ3n) is 4.81. The lowest BCUT2D eigenvalue weighted by Gasteiger charge is -2.32. The monoisotopic (exact) mass is 464 g/mol. The van der Waals surface area contributed by atoms with Crippen molar-refractivity contribution in [1.29, 1.82) is 0 Å². The molecule has 0 radical (unpaired) electrons. The fraction of sp³-hybridized carbons (Fsp3) is 0.350. The number of anilines is 1. The summed E-state index contributed by atoms with van der Waals surface area (Å²) in [5, 5.41) is 3.14. The van der Waals surface area contributed by atoms with Gasteiger partial charge >= 0.3 is 6.18 Å². The predicted octanol–water partition coefficient (Wildman–Crippen LogP) is 6.52. The van der Waals surface area contributed by atoms with E-state index in [1.807, 2.05) is 6.07 Å². The summed E-state index contributed by atoms with van der Waals surface area (Å²) in [5.41, 5.74) is 0.0863. The Morgan fingerprint density at radius 2 is 1.79 bits per heavy atom. The zero-order valence-corrected chi connectivity index (χ0v) is 17.5. The molecule has 1 aliphatic heterocycles. The Morgan fingerprint density at radius 1 is 1.07 bits per heavy atom. The van der Waals surface area contributed by atoms with E-state index in [0.29, 0.717) is 29.6 Å². The van der Waals surface area contributed by atoms with Gasteiger partial charge in [0.05, 0.1) is 26.5 Å². The molecule has 29 heavy (non-hydrogen) atoms. The van der Waals surface area contributed by atoms with E-state index in [4.69, 9.17) is 34.8 Å². The molecule has 0 saturated carbocycles. The average Bonchev–Trinajstić information content (AvgIpc) is 2.65. The zero-order valence-electron chi connectivity index (χ0n) is 15.2. The molecule has 3 rings (SSSR count). The fourth-order valence-electron chi connectivity index (χ4n) is 3.37. The van der Waals surface area contributed by atoms with Gasteiger partial charge in [0.25, 0.3) is 0 Å². The third kappa shape index (κ3) is 5.79. The van der Waals surface area contributed by atoms with Crippen LogP contribution in [0.25, 0.3) is 0 Å². The molecule has 1 heterocycles. The molecule has 1 amide bonds. The van der Waals surface area contributed by atoms with Crippen LogP contribution in [0.2, 0.25) is 15.1 Å². The second kappa shape index (κ2) is 9.13. The average molecular weight is 466 g/mol. The largest absolute Gasteiger partial charge is 0.417 e. The predicted molar refractivity (Wildman–Crippen MR) is 110 cm³/mol. The highest BCUT2D eigenvalue weighted by molar-refractivity contribution is 6.42. The van der Waals surface area contributed by atoms with E-state index in [0.717, 1.165) is 30.7 Å². The highest BCUT2D eigenvalue weighted by Gasteiger charge is 2.34. The van der Waals surface area contributed by atoms with Crippen LogP contribution in [0.3, 0.4) is 0 Å². The first-order valence-corrected chi connectivity index (χ1v) is 10.1. The Hall–Kier alpha value is -1.47. The summed E-state index contributed by atoms with van der Waals surface area (Å²) in [6.45, 7) is 1.94. The summed E-state index contributed by atoms with van der Waals surface area (Å²) >= 11 is 17.6. The van der Waals surface area contributed by atoms with Crippen LogP contribution in [0.5, 0.6) is 0 Å². The Morgan fingerprint density at radius 3 is 2.48 bits per heavy atom. The Labute approximate surface area is 181 Å². The van der Waals surface area contributed by atoms with Crippen LogP contribution < -0.4 is 5.32 Å². The topological polar surface area (TPSA) is 32.3 Å². The summed E-state index contributed by atoms with van der Waals surface area (Å²) in [5.74, 6) is -0.629. The lowest BCUT2D eigenvalue weighted by atomic mass is 9.96. The summed E-state index contributed by atoms with van der Waals surface area (Å²) in [6, 6.07) is 8.76. The van der Waals surface area contributed by atoms with Crippen molar-refractivity contribution in [2.45, 2.75) is 25.6 Å². The van der Waals surface area contributed by atoms with Gasteiger partial charge in [0.2, 0.25) is 5.91 Å². The summed E-state index contributed by atoms with van der Waals surface area (Å²) < 4.78 is 39.0. The number of nitrogens with one attached hydrogen (secondary N) is 1. The van der Waals surface area contributed by atoms with E-state index in [1.54, 1.807) is 12.1 Å². The number of benzene rings is 2. The minimum Gasteiger partial charge on any atom is -0.326 e. The lowest BCUT2D eigenvalue weighted by Crippen LogP contribution is -2.40. The van der Waals surface area contributed by atoms with Crippen LogP contribution in [0.15, 0.2) is 36.4 Å². The van der Waals surface area contributed by atoms with Gasteiger partial charge in [0.1, 0.15) is 0 Å². The molecular weight excluding hydrogens is 448 g/mol. The van der Waals surface area contributed by atoms with Crippen molar-refractivity contribution in [2.24, 2.45) is 5.92 Å². The van der Waals surface area contributed by atoms with Gasteiger partial charge in [-0.25, -0.2) is 0 Å². The number of carbonyl (C=O) groups is 1.